The van der Waals surface area contributed by atoms with Crippen LogP contribution in [0.3, 0.4) is 0 Å². The van der Waals surface area contributed by atoms with Crippen molar-refractivity contribution >= 4 is 17.5 Å². The van der Waals surface area contributed by atoms with Gasteiger partial charge in [0, 0.05) is 18.7 Å². The number of rotatable bonds is 2. The zero-order valence-corrected chi connectivity index (χ0v) is 15.9. The Morgan fingerprint density at radius 2 is 1.63 bits per heavy atom. The van der Waals surface area contributed by atoms with Crippen LogP contribution in [0.25, 0.3) is 0 Å². The second-order valence-corrected chi connectivity index (χ2v) is 7.00. The van der Waals surface area contributed by atoms with Gasteiger partial charge >= 0.3 is 6.18 Å². The van der Waals surface area contributed by atoms with Crippen LogP contribution < -0.4 is 9.64 Å². The van der Waals surface area contributed by atoms with Crippen molar-refractivity contribution in [3.05, 3.63) is 59.7 Å². The number of morpholine rings is 1. The molecule has 0 N–H and O–H groups in total. The Hall–Kier alpha value is -3.07. The van der Waals surface area contributed by atoms with E-state index in [-0.39, 0.29) is 18.0 Å². The number of anilines is 1. The molecule has 0 aromatic heterocycles. The minimum atomic E-state index is -4.48. The molecular weight excluding hydrogens is 401 g/mol. The number of para-hydroxylation sites is 2. The van der Waals surface area contributed by atoms with Crippen LogP contribution in [0.2, 0.25) is 0 Å². The first-order valence-corrected chi connectivity index (χ1v) is 9.46. The number of nitrogens with zero attached hydrogens (tertiary/aromatic N) is 2. The number of fused-ring (bicyclic) bond motifs is 1. The molecule has 4 rings (SSSR count). The highest BCUT2D eigenvalue weighted by Crippen LogP contribution is 2.35. The van der Waals surface area contributed by atoms with E-state index in [4.69, 9.17) is 9.47 Å². The first-order valence-electron chi connectivity index (χ1n) is 9.46. The van der Waals surface area contributed by atoms with Crippen molar-refractivity contribution in [2.24, 2.45) is 0 Å². The van der Waals surface area contributed by atoms with Crippen molar-refractivity contribution in [1.29, 1.82) is 0 Å². The SMILES string of the molecule is O=C([C@@H]1CN(C(=O)c2ccc(C(F)(F)F)cc2)c2ccccc2O1)N1CCOCC1. The molecule has 0 bridgehead atoms. The number of amides is 2. The minimum Gasteiger partial charge on any atom is -0.476 e. The summed E-state index contributed by atoms with van der Waals surface area (Å²) in [6.45, 7) is 1.71. The molecule has 2 aliphatic heterocycles. The Morgan fingerprint density at radius 3 is 2.30 bits per heavy atom. The third kappa shape index (κ3) is 3.97. The van der Waals surface area contributed by atoms with Gasteiger partial charge in [0.05, 0.1) is 31.0 Å². The maximum Gasteiger partial charge on any atom is 0.416 e. The molecule has 30 heavy (non-hydrogen) atoms. The molecule has 9 heteroatoms. The molecule has 6 nitrogen and oxygen atoms in total. The fourth-order valence-electron chi connectivity index (χ4n) is 3.50. The molecule has 2 amide bonds. The summed E-state index contributed by atoms with van der Waals surface area (Å²) in [5, 5.41) is 0. The summed E-state index contributed by atoms with van der Waals surface area (Å²) in [5.74, 6) is -0.382. The van der Waals surface area contributed by atoms with Gasteiger partial charge in [0.2, 0.25) is 0 Å². The Labute approximate surface area is 170 Å². The average molecular weight is 420 g/mol. The number of carbonyl (C=O) groups is 2. The number of hydrogen-bond acceptors (Lipinski definition) is 4. The van der Waals surface area contributed by atoms with Gasteiger partial charge in [0.15, 0.2) is 6.10 Å². The molecule has 0 spiro atoms. The standard InChI is InChI=1S/C21H19F3N2O4/c22-21(23,24)15-7-5-14(6-8-15)19(27)26-13-18(20(28)25-9-11-29-12-10-25)30-17-4-2-1-3-16(17)26/h1-8,18H,9-13H2/t18-/m0/s1. The van der Waals surface area contributed by atoms with Gasteiger partial charge in [-0.05, 0) is 36.4 Å². The number of ether oxygens (including phenoxy) is 2. The van der Waals surface area contributed by atoms with Gasteiger partial charge in [0.25, 0.3) is 11.8 Å². The van der Waals surface area contributed by atoms with Gasteiger partial charge in [0.1, 0.15) is 5.75 Å². The Kier molecular flexibility index (Phi) is 5.38. The first kappa shape index (κ1) is 20.2. The molecule has 1 saturated heterocycles. The summed E-state index contributed by atoms with van der Waals surface area (Å²) in [6.07, 6.45) is -5.39. The lowest BCUT2D eigenvalue weighted by Crippen LogP contribution is -2.54. The maximum atomic E-state index is 13.1. The van der Waals surface area contributed by atoms with E-state index in [2.05, 4.69) is 0 Å². The molecule has 0 saturated carbocycles. The quantitative estimate of drug-likeness (QED) is 0.750. The maximum absolute atomic E-state index is 13.1. The number of benzene rings is 2. The van der Waals surface area contributed by atoms with Crippen molar-refractivity contribution in [3.8, 4) is 5.75 Å². The van der Waals surface area contributed by atoms with Crippen molar-refractivity contribution in [1.82, 2.24) is 4.90 Å². The molecule has 1 atom stereocenters. The second kappa shape index (κ2) is 7.98. The summed E-state index contributed by atoms with van der Waals surface area (Å²) in [5.41, 5.74) is -0.271. The zero-order valence-electron chi connectivity index (χ0n) is 15.9. The van der Waals surface area contributed by atoms with Crippen molar-refractivity contribution in [2.45, 2.75) is 12.3 Å². The third-order valence-electron chi connectivity index (χ3n) is 5.08. The number of carbonyl (C=O) groups excluding carboxylic acids is 2. The predicted molar refractivity (Wildman–Crippen MR) is 101 cm³/mol. The smallest absolute Gasteiger partial charge is 0.416 e. The average Bonchev–Trinajstić information content (AvgIpc) is 2.77. The fourth-order valence-corrected chi connectivity index (χ4v) is 3.50. The van der Waals surface area contributed by atoms with E-state index in [1.54, 1.807) is 29.2 Å². The van der Waals surface area contributed by atoms with Crippen molar-refractivity contribution in [3.63, 3.8) is 0 Å². The van der Waals surface area contributed by atoms with Crippen LogP contribution in [0.15, 0.2) is 48.5 Å². The van der Waals surface area contributed by atoms with E-state index in [1.807, 2.05) is 0 Å². The van der Waals surface area contributed by atoms with E-state index in [1.165, 1.54) is 4.90 Å². The lowest BCUT2D eigenvalue weighted by Gasteiger charge is -2.37. The van der Waals surface area contributed by atoms with Crippen LogP contribution in [0.5, 0.6) is 5.75 Å². The molecule has 2 aromatic carbocycles. The summed E-state index contributed by atoms with van der Waals surface area (Å²) >= 11 is 0. The second-order valence-electron chi connectivity index (χ2n) is 7.00. The molecule has 0 unspecified atom stereocenters. The zero-order chi connectivity index (χ0) is 21.3. The number of alkyl halides is 3. The normalized spacial score (nSPS) is 19.1. The largest absolute Gasteiger partial charge is 0.476 e. The highest BCUT2D eigenvalue weighted by molar-refractivity contribution is 6.07. The van der Waals surface area contributed by atoms with Gasteiger partial charge in [-0.25, -0.2) is 0 Å². The fraction of sp³-hybridized carbons (Fsp3) is 0.333. The minimum absolute atomic E-state index is 0.0347. The van der Waals surface area contributed by atoms with Gasteiger partial charge in [-0.1, -0.05) is 12.1 Å². The van der Waals surface area contributed by atoms with Gasteiger partial charge < -0.3 is 19.3 Å². The van der Waals surface area contributed by atoms with E-state index < -0.39 is 23.8 Å². The molecule has 158 valence electrons. The summed E-state index contributed by atoms with van der Waals surface area (Å²) in [6, 6.07) is 10.8. The number of halogens is 3. The van der Waals surface area contributed by atoms with Gasteiger partial charge in [-0.15, -0.1) is 0 Å². The lowest BCUT2D eigenvalue weighted by atomic mass is 10.1. The molecule has 2 aliphatic rings. The van der Waals surface area contributed by atoms with E-state index in [0.717, 1.165) is 24.3 Å². The molecule has 0 radical (unpaired) electrons. The van der Waals surface area contributed by atoms with E-state index in [9.17, 15) is 22.8 Å². The van der Waals surface area contributed by atoms with Crippen LogP contribution >= 0.6 is 0 Å². The molecule has 0 aliphatic carbocycles. The Balaban J connectivity index is 1.60. The van der Waals surface area contributed by atoms with Crippen LogP contribution in [0.1, 0.15) is 15.9 Å². The summed E-state index contributed by atoms with van der Waals surface area (Å²) < 4.78 is 49.6. The highest BCUT2D eigenvalue weighted by Gasteiger charge is 2.37. The highest BCUT2D eigenvalue weighted by atomic mass is 19.4. The Morgan fingerprint density at radius 1 is 0.967 bits per heavy atom. The van der Waals surface area contributed by atoms with Crippen LogP contribution in [-0.2, 0) is 15.7 Å². The predicted octanol–water partition coefficient (Wildman–Crippen LogP) is 2.97. The van der Waals surface area contributed by atoms with E-state index >= 15 is 0 Å². The molecule has 2 aromatic rings. The topological polar surface area (TPSA) is 59.1 Å². The van der Waals surface area contributed by atoms with E-state index in [0.29, 0.717) is 37.7 Å². The summed E-state index contributed by atoms with van der Waals surface area (Å²) in [7, 11) is 0. The number of hydrogen-bond donors (Lipinski definition) is 0. The van der Waals surface area contributed by atoms with Gasteiger partial charge in [-0.3, -0.25) is 9.59 Å². The lowest BCUT2D eigenvalue weighted by molar-refractivity contribution is -0.142. The molecular formula is C21H19F3N2O4. The van der Waals surface area contributed by atoms with Crippen LogP contribution in [0, 0.1) is 0 Å². The van der Waals surface area contributed by atoms with Crippen LogP contribution in [0.4, 0.5) is 18.9 Å². The van der Waals surface area contributed by atoms with Gasteiger partial charge in [-0.2, -0.15) is 13.2 Å². The molecule has 1 fully saturated rings. The Bertz CT molecular complexity index is 940. The monoisotopic (exact) mass is 420 g/mol. The van der Waals surface area contributed by atoms with Crippen molar-refractivity contribution < 1.29 is 32.2 Å². The third-order valence-corrected chi connectivity index (χ3v) is 5.08. The van der Waals surface area contributed by atoms with Crippen LogP contribution in [-0.4, -0.2) is 55.7 Å². The first-order chi connectivity index (χ1) is 14.3. The van der Waals surface area contributed by atoms with Crippen molar-refractivity contribution in [2.75, 3.05) is 37.7 Å². The summed E-state index contributed by atoms with van der Waals surface area (Å²) in [4.78, 5) is 29.0. The molecule has 2 heterocycles.